The van der Waals surface area contributed by atoms with Crippen LogP contribution in [-0.2, 0) is 4.79 Å². The largest absolute Gasteiger partial charge is 0.483 e. The highest BCUT2D eigenvalue weighted by Crippen LogP contribution is 2.34. The fourth-order valence-corrected chi connectivity index (χ4v) is 4.77. The molecule has 4 rings (SSSR count). The summed E-state index contributed by atoms with van der Waals surface area (Å²) in [5, 5.41) is 0. The summed E-state index contributed by atoms with van der Waals surface area (Å²) in [7, 11) is 2.18. The Labute approximate surface area is 186 Å². The van der Waals surface area contributed by atoms with Crippen molar-refractivity contribution in [2.24, 2.45) is 0 Å². The van der Waals surface area contributed by atoms with Gasteiger partial charge in [0, 0.05) is 31.9 Å². The molecule has 1 amide bonds. The van der Waals surface area contributed by atoms with Crippen molar-refractivity contribution in [1.82, 2.24) is 9.80 Å². The van der Waals surface area contributed by atoms with Crippen LogP contribution in [0.4, 0.5) is 5.69 Å². The van der Waals surface area contributed by atoms with Gasteiger partial charge in [-0.15, -0.1) is 0 Å². The Balaban J connectivity index is 1.32. The molecule has 0 radical (unpaired) electrons. The van der Waals surface area contributed by atoms with Crippen molar-refractivity contribution >= 4 is 11.6 Å². The molecule has 0 spiro atoms. The molecule has 5 heteroatoms. The van der Waals surface area contributed by atoms with Gasteiger partial charge in [0.05, 0.1) is 0 Å². The van der Waals surface area contributed by atoms with Gasteiger partial charge in [0.2, 0.25) is 0 Å². The molecule has 31 heavy (non-hydrogen) atoms. The topological polar surface area (TPSA) is 36.0 Å². The first-order chi connectivity index (χ1) is 15.0. The molecule has 2 fully saturated rings. The molecular formula is C26H35N3O2. The summed E-state index contributed by atoms with van der Waals surface area (Å²) in [5.74, 6) is 1.47. The first-order valence-corrected chi connectivity index (χ1v) is 11.5. The van der Waals surface area contributed by atoms with Gasteiger partial charge in [0.15, 0.2) is 6.61 Å². The van der Waals surface area contributed by atoms with Gasteiger partial charge < -0.3 is 19.4 Å². The highest BCUT2D eigenvalue weighted by molar-refractivity contribution is 5.78. The number of carbonyl (C=O) groups is 1. The molecule has 0 aromatic heterocycles. The minimum Gasteiger partial charge on any atom is -0.483 e. The van der Waals surface area contributed by atoms with Gasteiger partial charge in [-0.05, 0) is 81.6 Å². The fraction of sp³-hybridized carbons (Fsp3) is 0.500. The van der Waals surface area contributed by atoms with Gasteiger partial charge in [-0.1, -0.05) is 30.3 Å². The maximum atomic E-state index is 12.8. The van der Waals surface area contributed by atoms with E-state index in [1.807, 2.05) is 17.0 Å². The van der Waals surface area contributed by atoms with E-state index in [0.717, 1.165) is 57.9 Å². The lowest BCUT2D eigenvalue weighted by Gasteiger charge is -2.37. The van der Waals surface area contributed by atoms with Gasteiger partial charge >= 0.3 is 0 Å². The van der Waals surface area contributed by atoms with Crippen molar-refractivity contribution in [3.63, 3.8) is 0 Å². The molecule has 2 aromatic carbocycles. The Morgan fingerprint density at radius 1 is 0.935 bits per heavy atom. The van der Waals surface area contributed by atoms with Gasteiger partial charge in [0.1, 0.15) is 5.75 Å². The van der Waals surface area contributed by atoms with Crippen molar-refractivity contribution < 1.29 is 9.53 Å². The van der Waals surface area contributed by atoms with Crippen LogP contribution in [-0.4, -0.2) is 68.6 Å². The summed E-state index contributed by atoms with van der Waals surface area (Å²) in [4.78, 5) is 19.6. The van der Waals surface area contributed by atoms with Crippen LogP contribution in [0.2, 0.25) is 0 Å². The van der Waals surface area contributed by atoms with Crippen molar-refractivity contribution in [1.29, 1.82) is 0 Å². The number of piperazine rings is 1. The standard InChI is InChI=1S/C26H35N3O2/c1-20-7-6-9-24(21(20)2)28-15-17-29(18-16-28)26(30)19-31-25-10-5-4-8-23(25)22-11-13-27(3)14-12-22/h4-10,22H,11-19H2,1-3H3. The number of aryl methyl sites for hydroxylation is 1. The second-order valence-electron chi connectivity index (χ2n) is 8.99. The van der Waals surface area contributed by atoms with Crippen molar-refractivity contribution in [2.45, 2.75) is 32.6 Å². The van der Waals surface area contributed by atoms with E-state index in [2.05, 4.69) is 61.0 Å². The van der Waals surface area contributed by atoms with Crippen LogP contribution >= 0.6 is 0 Å². The van der Waals surface area contributed by atoms with E-state index >= 15 is 0 Å². The quantitative estimate of drug-likeness (QED) is 0.735. The number of rotatable bonds is 5. The van der Waals surface area contributed by atoms with Gasteiger partial charge in [-0.25, -0.2) is 0 Å². The molecule has 2 aromatic rings. The van der Waals surface area contributed by atoms with E-state index in [1.54, 1.807) is 0 Å². The molecule has 2 aliphatic rings. The van der Waals surface area contributed by atoms with Gasteiger partial charge in [0.25, 0.3) is 5.91 Å². The molecule has 0 saturated carbocycles. The molecular weight excluding hydrogens is 386 g/mol. The number of amides is 1. The number of piperidine rings is 1. The maximum Gasteiger partial charge on any atom is 0.260 e. The summed E-state index contributed by atoms with van der Waals surface area (Å²) in [5.41, 5.74) is 5.18. The van der Waals surface area contributed by atoms with E-state index in [9.17, 15) is 4.79 Å². The van der Waals surface area contributed by atoms with Gasteiger partial charge in [-0.3, -0.25) is 4.79 Å². The summed E-state index contributed by atoms with van der Waals surface area (Å²) in [6.07, 6.45) is 2.29. The summed E-state index contributed by atoms with van der Waals surface area (Å²) in [6.45, 7) is 9.89. The predicted octanol–water partition coefficient (Wildman–Crippen LogP) is 3.84. The van der Waals surface area contributed by atoms with E-state index in [4.69, 9.17) is 4.74 Å². The zero-order valence-corrected chi connectivity index (χ0v) is 19.1. The number of hydrogen-bond acceptors (Lipinski definition) is 4. The van der Waals surface area contributed by atoms with E-state index < -0.39 is 0 Å². The monoisotopic (exact) mass is 421 g/mol. The molecule has 2 saturated heterocycles. The molecule has 5 nitrogen and oxygen atoms in total. The summed E-state index contributed by atoms with van der Waals surface area (Å²) >= 11 is 0. The Kier molecular flexibility index (Phi) is 6.81. The molecule has 0 aliphatic carbocycles. The van der Waals surface area contributed by atoms with Gasteiger partial charge in [-0.2, -0.15) is 0 Å². The van der Waals surface area contributed by atoms with Crippen LogP contribution in [0.25, 0.3) is 0 Å². The number of likely N-dealkylation sites (tertiary alicyclic amines) is 1. The molecule has 0 unspecified atom stereocenters. The second kappa shape index (κ2) is 9.73. The smallest absolute Gasteiger partial charge is 0.260 e. The third-order valence-corrected chi connectivity index (χ3v) is 6.98. The van der Waals surface area contributed by atoms with Crippen molar-refractivity contribution in [2.75, 3.05) is 57.8 Å². The van der Waals surface area contributed by atoms with E-state index in [0.29, 0.717) is 5.92 Å². The first kappa shape index (κ1) is 21.7. The number of anilines is 1. The van der Waals surface area contributed by atoms with Crippen LogP contribution in [0.1, 0.15) is 35.4 Å². The van der Waals surface area contributed by atoms with Crippen LogP contribution in [0.3, 0.4) is 0 Å². The van der Waals surface area contributed by atoms with Crippen LogP contribution in [0.15, 0.2) is 42.5 Å². The third kappa shape index (κ3) is 5.04. The molecule has 0 atom stereocenters. The van der Waals surface area contributed by atoms with E-state index in [-0.39, 0.29) is 12.5 Å². The Morgan fingerprint density at radius 3 is 2.39 bits per heavy atom. The SMILES string of the molecule is Cc1cccc(N2CCN(C(=O)COc3ccccc3C3CCN(C)CC3)CC2)c1C. The average molecular weight is 422 g/mol. The molecule has 166 valence electrons. The lowest BCUT2D eigenvalue weighted by atomic mass is 9.89. The molecule has 0 N–H and O–H groups in total. The summed E-state index contributed by atoms with van der Waals surface area (Å²) < 4.78 is 6.06. The zero-order chi connectivity index (χ0) is 21.8. The molecule has 2 aliphatic heterocycles. The highest BCUT2D eigenvalue weighted by Gasteiger charge is 2.24. The van der Waals surface area contributed by atoms with Crippen LogP contribution in [0, 0.1) is 13.8 Å². The minimum atomic E-state index is 0.0822. The predicted molar refractivity (Wildman–Crippen MR) is 126 cm³/mol. The number of ether oxygens (including phenoxy) is 1. The van der Waals surface area contributed by atoms with Crippen LogP contribution < -0.4 is 9.64 Å². The molecule has 0 bridgehead atoms. The number of benzene rings is 2. The summed E-state index contributed by atoms with van der Waals surface area (Å²) in [6, 6.07) is 14.7. The number of carbonyl (C=O) groups excluding carboxylic acids is 1. The number of hydrogen-bond donors (Lipinski definition) is 0. The highest BCUT2D eigenvalue weighted by atomic mass is 16.5. The Hall–Kier alpha value is -2.53. The van der Waals surface area contributed by atoms with Crippen molar-refractivity contribution in [3.8, 4) is 5.75 Å². The Bertz CT molecular complexity index is 897. The minimum absolute atomic E-state index is 0.0822. The first-order valence-electron chi connectivity index (χ1n) is 11.5. The fourth-order valence-electron chi connectivity index (χ4n) is 4.77. The third-order valence-electron chi connectivity index (χ3n) is 6.98. The van der Waals surface area contributed by atoms with E-state index in [1.165, 1.54) is 22.4 Å². The lowest BCUT2D eigenvalue weighted by Crippen LogP contribution is -2.50. The molecule has 2 heterocycles. The van der Waals surface area contributed by atoms with Crippen LogP contribution in [0.5, 0.6) is 5.75 Å². The van der Waals surface area contributed by atoms with Crippen molar-refractivity contribution in [3.05, 3.63) is 59.2 Å². The normalized spacial score (nSPS) is 18.3. The number of nitrogens with zero attached hydrogens (tertiary/aromatic N) is 3. The Morgan fingerprint density at radius 2 is 1.65 bits per heavy atom. The average Bonchev–Trinajstić information content (AvgIpc) is 2.80. The lowest BCUT2D eigenvalue weighted by molar-refractivity contribution is -0.133. The second-order valence-corrected chi connectivity index (χ2v) is 8.99. The maximum absolute atomic E-state index is 12.8. The number of para-hydroxylation sites is 1. The zero-order valence-electron chi connectivity index (χ0n) is 19.1.